The van der Waals surface area contributed by atoms with Crippen LogP contribution in [-0.2, 0) is 0 Å². The van der Waals surface area contributed by atoms with Crippen LogP contribution in [0.2, 0.25) is 5.02 Å². The number of amides is 1. The van der Waals surface area contributed by atoms with Crippen LogP contribution < -0.4 is 16.8 Å². The van der Waals surface area contributed by atoms with Crippen molar-refractivity contribution in [3.63, 3.8) is 0 Å². The van der Waals surface area contributed by atoms with Gasteiger partial charge in [-0.15, -0.1) is 0 Å². The molecule has 5 N–H and O–H groups in total. The third kappa shape index (κ3) is 3.15. The molecule has 0 aliphatic carbocycles. The minimum absolute atomic E-state index is 0.230. The lowest BCUT2D eigenvalue weighted by Crippen LogP contribution is -2.14. The lowest BCUT2D eigenvalue weighted by Gasteiger charge is -2.10. The first kappa shape index (κ1) is 13.6. The fourth-order valence-corrected chi connectivity index (χ4v) is 1.93. The van der Waals surface area contributed by atoms with Crippen molar-refractivity contribution in [3.8, 4) is 0 Å². The summed E-state index contributed by atoms with van der Waals surface area (Å²) in [6.07, 6.45) is 1.45. The van der Waals surface area contributed by atoms with E-state index in [1.807, 2.05) is 0 Å². The average Bonchev–Trinajstić information content (AvgIpc) is 2.36. The van der Waals surface area contributed by atoms with E-state index in [2.05, 4.69) is 26.2 Å². The number of nitrogen functional groups attached to an aromatic ring is 1. The van der Waals surface area contributed by atoms with Crippen molar-refractivity contribution in [2.45, 2.75) is 0 Å². The van der Waals surface area contributed by atoms with Gasteiger partial charge in [0.2, 0.25) is 0 Å². The van der Waals surface area contributed by atoms with Crippen LogP contribution in [0, 0.1) is 0 Å². The summed E-state index contributed by atoms with van der Waals surface area (Å²) in [7, 11) is 0. The van der Waals surface area contributed by atoms with Gasteiger partial charge in [-0.3, -0.25) is 4.79 Å². The largest absolute Gasteiger partial charge is 0.384 e. The number of rotatable bonds is 3. The maximum atomic E-state index is 11.4. The Morgan fingerprint density at radius 3 is 2.74 bits per heavy atom. The van der Waals surface area contributed by atoms with Gasteiger partial charge in [0, 0.05) is 10.2 Å². The van der Waals surface area contributed by atoms with E-state index in [0.29, 0.717) is 16.4 Å². The van der Waals surface area contributed by atoms with Crippen molar-refractivity contribution >= 4 is 50.6 Å². The van der Waals surface area contributed by atoms with E-state index in [0.717, 1.165) is 4.47 Å². The van der Waals surface area contributed by atoms with Crippen LogP contribution >= 0.6 is 27.5 Å². The first-order chi connectivity index (χ1) is 8.97. The van der Waals surface area contributed by atoms with Gasteiger partial charge in [0.15, 0.2) is 0 Å². The topological polar surface area (TPSA) is 94.0 Å². The van der Waals surface area contributed by atoms with Crippen LogP contribution in [0.4, 0.5) is 17.2 Å². The summed E-state index contributed by atoms with van der Waals surface area (Å²) < 4.78 is 0.783. The molecule has 0 saturated carbocycles. The fraction of sp³-hybridized carbons (Fsp3) is 0. The zero-order valence-electron chi connectivity index (χ0n) is 9.65. The second-order valence-corrected chi connectivity index (χ2v) is 5.03. The number of benzene rings is 1. The van der Waals surface area contributed by atoms with Gasteiger partial charge in [-0.25, -0.2) is 4.98 Å². The van der Waals surface area contributed by atoms with Crippen LogP contribution in [0.3, 0.4) is 0 Å². The van der Waals surface area contributed by atoms with Gasteiger partial charge in [0.25, 0.3) is 5.91 Å². The highest BCUT2D eigenvalue weighted by Gasteiger charge is 2.10. The zero-order chi connectivity index (χ0) is 14.0. The zero-order valence-corrected chi connectivity index (χ0v) is 12.0. The molecule has 7 heteroatoms. The van der Waals surface area contributed by atoms with Crippen molar-refractivity contribution in [1.29, 1.82) is 0 Å². The Bertz CT molecular complexity index is 648. The Morgan fingerprint density at radius 2 is 2.11 bits per heavy atom. The normalized spacial score (nSPS) is 10.2. The smallest absolute Gasteiger partial charge is 0.251 e. The molecule has 5 nitrogen and oxygen atoms in total. The van der Waals surface area contributed by atoms with Gasteiger partial charge in [-0.1, -0.05) is 11.6 Å². The Hall–Kier alpha value is -1.79. The molecule has 0 unspecified atom stereocenters. The molecule has 0 radical (unpaired) electrons. The van der Waals surface area contributed by atoms with Gasteiger partial charge < -0.3 is 16.8 Å². The summed E-state index contributed by atoms with van der Waals surface area (Å²) in [5, 5.41) is 3.57. The Labute approximate surface area is 123 Å². The summed E-state index contributed by atoms with van der Waals surface area (Å²) >= 11 is 9.29. The molecule has 19 heavy (non-hydrogen) atoms. The monoisotopic (exact) mass is 340 g/mol. The number of nitrogens with one attached hydrogen (secondary N) is 1. The highest BCUT2D eigenvalue weighted by molar-refractivity contribution is 9.10. The molecular formula is C12H10BrClN4O. The standard InChI is InChI=1S/C12H10BrClN4O/c13-8-2-1-6(3-9(8)14)18-10-5-17-11(15)4-7(10)12(16)19/h1-5,18H,(H2,15,17)(H2,16,19). The lowest BCUT2D eigenvalue weighted by molar-refractivity contribution is 0.100. The number of carbonyl (C=O) groups excluding carboxylic acids is 1. The third-order valence-electron chi connectivity index (χ3n) is 2.39. The number of nitrogens with zero attached hydrogens (tertiary/aromatic N) is 1. The number of nitrogens with two attached hydrogens (primary N) is 2. The van der Waals surface area contributed by atoms with Crippen molar-refractivity contribution in [3.05, 3.63) is 45.5 Å². The second-order valence-electron chi connectivity index (χ2n) is 3.77. The summed E-state index contributed by atoms with van der Waals surface area (Å²) in [6, 6.07) is 6.73. The highest BCUT2D eigenvalue weighted by Crippen LogP contribution is 2.28. The number of halogens is 2. The van der Waals surface area contributed by atoms with Crippen molar-refractivity contribution in [2.24, 2.45) is 5.73 Å². The molecule has 1 aromatic heterocycles. The summed E-state index contributed by atoms with van der Waals surface area (Å²) in [6.45, 7) is 0. The molecule has 1 amide bonds. The number of carbonyl (C=O) groups is 1. The number of anilines is 3. The maximum Gasteiger partial charge on any atom is 0.251 e. The van der Waals surface area contributed by atoms with E-state index in [9.17, 15) is 4.79 Å². The molecule has 1 aromatic carbocycles. The predicted octanol–water partition coefficient (Wildman–Crippen LogP) is 2.92. The molecule has 0 saturated heterocycles. The molecule has 0 bridgehead atoms. The minimum Gasteiger partial charge on any atom is -0.384 e. The van der Waals surface area contributed by atoms with E-state index in [1.54, 1.807) is 18.2 Å². The van der Waals surface area contributed by atoms with Crippen molar-refractivity contribution < 1.29 is 4.79 Å². The Kier molecular flexibility index (Phi) is 3.92. The van der Waals surface area contributed by atoms with Gasteiger partial charge in [0.05, 0.1) is 22.5 Å². The Morgan fingerprint density at radius 1 is 1.37 bits per heavy atom. The third-order valence-corrected chi connectivity index (χ3v) is 3.62. The first-order valence-corrected chi connectivity index (χ1v) is 6.42. The highest BCUT2D eigenvalue weighted by atomic mass is 79.9. The molecule has 0 fully saturated rings. The van der Waals surface area contributed by atoms with E-state index in [-0.39, 0.29) is 11.4 Å². The summed E-state index contributed by atoms with van der Waals surface area (Å²) in [4.78, 5) is 15.3. The van der Waals surface area contributed by atoms with E-state index in [1.165, 1.54) is 12.3 Å². The van der Waals surface area contributed by atoms with Gasteiger partial charge in [-0.05, 0) is 40.2 Å². The average molecular weight is 342 g/mol. The predicted molar refractivity (Wildman–Crippen MR) is 79.6 cm³/mol. The van der Waals surface area contributed by atoms with Gasteiger partial charge in [0.1, 0.15) is 5.82 Å². The van der Waals surface area contributed by atoms with Crippen LogP contribution in [0.1, 0.15) is 10.4 Å². The molecule has 0 atom stereocenters. The lowest BCUT2D eigenvalue weighted by atomic mass is 10.2. The molecule has 0 aliphatic heterocycles. The van der Waals surface area contributed by atoms with E-state index in [4.69, 9.17) is 23.1 Å². The summed E-state index contributed by atoms with van der Waals surface area (Å²) in [5.74, 6) is -0.354. The fourth-order valence-electron chi connectivity index (χ4n) is 1.50. The number of aromatic nitrogens is 1. The number of pyridine rings is 1. The summed E-state index contributed by atoms with van der Waals surface area (Å²) in [5.41, 5.74) is 12.3. The molecule has 2 aromatic rings. The van der Waals surface area contributed by atoms with Crippen LogP contribution in [-0.4, -0.2) is 10.9 Å². The number of hydrogen-bond acceptors (Lipinski definition) is 4. The molecular weight excluding hydrogens is 332 g/mol. The maximum absolute atomic E-state index is 11.4. The first-order valence-electron chi connectivity index (χ1n) is 5.25. The minimum atomic E-state index is -0.584. The molecule has 98 valence electrons. The van der Waals surface area contributed by atoms with Gasteiger partial charge in [-0.2, -0.15) is 0 Å². The van der Waals surface area contributed by atoms with Crippen LogP contribution in [0.25, 0.3) is 0 Å². The molecule has 0 spiro atoms. The molecule has 0 aliphatic rings. The second kappa shape index (κ2) is 5.46. The number of primary amides is 1. The van der Waals surface area contributed by atoms with Crippen molar-refractivity contribution in [2.75, 3.05) is 11.1 Å². The SMILES string of the molecule is NC(=O)c1cc(N)ncc1Nc1ccc(Br)c(Cl)c1. The number of hydrogen-bond donors (Lipinski definition) is 3. The quantitative estimate of drug-likeness (QED) is 0.800. The van der Waals surface area contributed by atoms with Crippen LogP contribution in [0.5, 0.6) is 0 Å². The molecule has 2 rings (SSSR count). The van der Waals surface area contributed by atoms with Crippen LogP contribution in [0.15, 0.2) is 34.9 Å². The van der Waals surface area contributed by atoms with Crippen molar-refractivity contribution in [1.82, 2.24) is 4.98 Å². The molecule has 1 heterocycles. The Balaban J connectivity index is 2.37. The van der Waals surface area contributed by atoms with E-state index >= 15 is 0 Å². The van der Waals surface area contributed by atoms with Gasteiger partial charge >= 0.3 is 0 Å². The van der Waals surface area contributed by atoms with E-state index < -0.39 is 5.91 Å².